The Morgan fingerprint density at radius 1 is 1.21 bits per heavy atom. The molecular weight excluding hydrogens is 399 g/mol. The molecule has 0 bridgehead atoms. The second-order valence-corrected chi connectivity index (χ2v) is 9.46. The highest BCUT2D eigenvalue weighted by Crippen LogP contribution is 2.40. The molecule has 1 aromatic heterocycles. The Morgan fingerprint density at radius 3 is 2.50 bits per heavy atom. The Bertz CT molecular complexity index is 850. The average molecular weight is 421 g/mol. The van der Waals surface area contributed by atoms with Gasteiger partial charge in [0.2, 0.25) is 10.0 Å². The highest BCUT2D eigenvalue weighted by atomic mass is 32.2. The number of pyridine rings is 1. The van der Waals surface area contributed by atoms with Crippen molar-refractivity contribution in [3.05, 3.63) is 23.5 Å². The van der Waals surface area contributed by atoms with Gasteiger partial charge in [-0.15, -0.1) is 0 Å². The molecule has 7 nitrogen and oxygen atoms in total. The molecule has 1 spiro atoms. The van der Waals surface area contributed by atoms with Crippen molar-refractivity contribution in [1.29, 1.82) is 0 Å². The maximum absolute atomic E-state index is 12.8. The largest absolute Gasteiger partial charge is 0.433 e. The van der Waals surface area contributed by atoms with Crippen molar-refractivity contribution in [3.8, 4) is 0 Å². The topological polar surface area (TPSA) is 72.0 Å². The normalized spacial score (nSPS) is 26.5. The summed E-state index contributed by atoms with van der Waals surface area (Å²) in [4.78, 5) is 5.54. The summed E-state index contributed by atoms with van der Waals surface area (Å²) >= 11 is 0. The zero-order chi connectivity index (χ0) is 20.2. The number of hydrogen-bond donors (Lipinski definition) is 0. The quantitative estimate of drug-likeness (QED) is 0.732. The molecule has 0 radical (unpaired) electrons. The number of alkyl halides is 3. The molecule has 0 aromatic carbocycles. The molecule has 0 unspecified atom stereocenters. The predicted molar refractivity (Wildman–Crippen MR) is 92.2 cm³/mol. The fourth-order valence-electron chi connectivity index (χ4n) is 4.10. The molecule has 28 heavy (non-hydrogen) atoms. The van der Waals surface area contributed by atoms with Crippen molar-refractivity contribution in [2.24, 2.45) is 0 Å². The van der Waals surface area contributed by atoms with Crippen LogP contribution in [0.3, 0.4) is 0 Å². The number of halogens is 3. The molecular formula is C17H22F3N3O4S. The number of hydrogen-bond acceptors (Lipinski definition) is 6. The van der Waals surface area contributed by atoms with Gasteiger partial charge in [0.25, 0.3) is 0 Å². The van der Waals surface area contributed by atoms with E-state index in [0.29, 0.717) is 25.9 Å². The Balaban J connectivity index is 1.44. The highest BCUT2D eigenvalue weighted by Gasteiger charge is 2.54. The van der Waals surface area contributed by atoms with Gasteiger partial charge >= 0.3 is 6.18 Å². The van der Waals surface area contributed by atoms with Gasteiger partial charge in [-0.05, 0) is 25.5 Å². The van der Waals surface area contributed by atoms with Crippen LogP contribution in [0.25, 0.3) is 0 Å². The van der Waals surface area contributed by atoms with Gasteiger partial charge in [-0.3, -0.25) is 4.90 Å². The number of nitrogens with zero attached hydrogens (tertiary/aromatic N) is 3. The molecule has 156 valence electrons. The third kappa shape index (κ3) is 3.54. The van der Waals surface area contributed by atoms with E-state index in [1.54, 1.807) is 0 Å². The minimum atomic E-state index is -4.61. The first-order valence-corrected chi connectivity index (χ1v) is 10.6. The minimum Gasteiger partial charge on any atom is -0.379 e. The van der Waals surface area contributed by atoms with E-state index in [4.69, 9.17) is 9.47 Å². The second-order valence-electron chi connectivity index (χ2n) is 7.55. The molecule has 0 aliphatic carbocycles. The summed E-state index contributed by atoms with van der Waals surface area (Å²) in [6.45, 7) is 5.28. The van der Waals surface area contributed by atoms with Crippen LogP contribution in [-0.2, 0) is 25.7 Å². The fourth-order valence-corrected chi connectivity index (χ4v) is 5.85. The lowest BCUT2D eigenvalue weighted by atomic mass is 9.91. The maximum atomic E-state index is 12.8. The number of sulfonamides is 1. The number of morpholine rings is 1. The van der Waals surface area contributed by atoms with Gasteiger partial charge in [-0.1, -0.05) is 0 Å². The van der Waals surface area contributed by atoms with Crippen LogP contribution < -0.4 is 0 Å². The summed E-state index contributed by atoms with van der Waals surface area (Å²) in [7, 11) is -3.91. The summed E-state index contributed by atoms with van der Waals surface area (Å²) < 4.78 is 76.6. The fraction of sp³-hybridized carbons (Fsp3) is 0.706. The van der Waals surface area contributed by atoms with Crippen LogP contribution in [-0.4, -0.2) is 80.2 Å². The molecule has 0 amide bonds. The summed E-state index contributed by atoms with van der Waals surface area (Å²) in [5.41, 5.74) is -1.77. The first kappa shape index (κ1) is 20.0. The lowest BCUT2D eigenvalue weighted by Gasteiger charge is -2.46. The van der Waals surface area contributed by atoms with E-state index >= 15 is 0 Å². The molecule has 4 heterocycles. The summed E-state index contributed by atoms with van der Waals surface area (Å²) in [6, 6.07) is 1.93. The van der Waals surface area contributed by atoms with E-state index in [1.807, 2.05) is 0 Å². The van der Waals surface area contributed by atoms with Crippen molar-refractivity contribution in [3.63, 3.8) is 0 Å². The van der Waals surface area contributed by atoms with Gasteiger partial charge in [0, 0.05) is 32.2 Å². The van der Waals surface area contributed by atoms with Crippen molar-refractivity contribution in [2.45, 2.75) is 36.1 Å². The zero-order valence-corrected chi connectivity index (χ0v) is 16.2. The summed E-state index contributed by atoms with van der Waals surface area (Å²) in [6.07, 6.45) is -3.87. The molecule has 0 N–H and O–H groups in total. The van der Waals surface area contributed by atoms with E-state index in [2.05, 4.69) is 9.88 Å². The Morgan fingerprint density at radius 2 is 1.89 bits per heavy atom. The molecule has 0 saturated carbocycles. The van der Waals surface area contributed by atoms with Crippen LogP contribution in [0.4, 0.5) is 13.2 Å². The summed E-state index contributed by atoms with van der Waals surface area (Å²) in [5, 5.41) is 0. The molecule has 3 aliphatic rings. The third-order valence-electron chi connectivity index (χ3n) is 5.63. The number of ether oxygens (including phenoxy) is 2. The molecule has 1 aromatic rings. The molecule has 3 aliphatic heterocycles. The number of aryl methyl sites for hydroxylation is 1. The lowest BCUT2D eigenvalue weighted by molar-refractivity contribution is -0.141. The lowest BCUT2D eigenvalue weighted by Crippen LogP contribution is -2.63. The smallest absolute Gasteiger partial charge is 0.379 e. The van der Waals surface area contributed by atoms with Crippen LogP contribution in [0.5, 0.6) is 0 Å². The van der Waals surface area contributed by atoms with Gasteiger partial charge in [-0.25, -0.2) is 13.4 Å². The average Bonchev–Trinajstić information content (AvgIpc) is 3.06. The van der Waals surface area contributed by atoms with Gasteiger partial charge in [0.15, 0.2) is 0 Å². The molecule has 11 heteroatoms. The van der Waals surface area contributed by atoms with Crippen molar-refractivity contribution in [1.82, 2.24) is 14.2 Å². The number of rotatable bonds is 3. The third-order valence-corrected chi connectivity index (χ3v) is 7.55. The Labute approximate surface area is 161 Å². The second kappa shape index (κ2) is 6.91. The molecule has 3 fully saturated rings. The van der Waals surface area contributed by atoms with E-state index in [-0.39, 0.29) is 29.7 Å². The van der Waals surface area contributed by atoms with E-state index in [1.165, 1.54) is 11.2 Å². The van der Waals surface area contributed by atoms with Gasteiger partial charge in [0.1, 0.15) is 10.6 Å². The van der Waals surface area contributed by atoms with Crippen LogP contribution in [0.2, 0.25) is 0 Å². The molecule has 4 rings (SSSR count). The Hall–Kier alpha value is -1.27. The van der Waals surface area contributed by atoms with Gasteiger partial charge in [0.05, 0.1) is 31.1 Å². The van der Waals surface area contributed by atoms with Crippen LogP contribution >= 0.6 is 0 Å². The monoisotopic (exact) mass is 421 g/mol. The Kier molecular flexibility index (Phi) is 4.94. The van der Waals surface area contributed by atoms with Crippen molar-refractivity contribution in [2.75, 3.05) is 46.0 Å². The SMILES string of the molecule is Cc1nc(C(F)(F)F)ccc1S(=O)(=O)N1CC2(C[C@H](N3CCOCC3)CO2)C1. The molecule has 1 atom stereocenters. The van der Waals surface area contributed by atoms with Crippen molar-refractivity contribution >= 4 is 10.0 Å². The van der Waals surface area contributed by atoms with Gasteiger partial charge < -0.3 is 9.47 Å². The highest BCUT2D eigenvalue weighted by molar-refractivity contribution is 7.89. The van der Waals surface area contributed by atoms with E-state index in [9.17, 15) is 21.6 Å². The first-order chi connectivity index (χ1) is 13.1. The number of aromatic nitrogens is 1. The first-order valence-electron chi connectivity index (χ1n) is 9.12. The minimum absolute atomic E-state index is 0.158. The van der Waals surface area contributed by atoms with Gasteiger partial charge in [-0.2, -0.15) is 17.5 Å². The van der Waals surface area contributed by atoms with Crippen LogP contribution in [0.15, 0.2) is 17.0 Å². The standard InChI is InChI=1S/C17H22F3N3O4S/c1-12-14(2-3-15(21-12)17(18,19)20)28(24,25)23-10-16(11-23)8-13(9-27-16)22-4-6-26-7-5-22/h2-3,13H,4-11H2,1H3/t13-/m0/s1. The van der Waals surface area contributed by atoms with Crippen LogP contribution in [0.1, 0.15) is 17.8 Å². The van der Waals surface area contributed by atoms with Crippen LogP contribution in [0, 0.1) is 6.92 Å². The zero-order valence-electron chi connectivity index (χ0n) is 15.4. The molecule has 3 saturated heterocycles. The maximum Gasteiger partial charge on any atom is 0.433 e. The van der Waals surface area contributed by atoms with E-state index in [0.717, 1.165) is 25.6 Å². The summed E-state index contributed by atoms with van der Waals surface area (Å²) in [5.74, 6) is 0. The van der Waals surface area contributed by atoms with Crippen molar-refractivity contribution < 1.29 is 31.1 Å². The van der Waals surface area contributed by atoms with E-state index < -0.39 is 27.5 Å². The predicted octanol–water partition coefficient (Wildman–Crippen LogP) is 1.27.